The van der Waals surface area contributed by atoms with Crippen LogP contribution in [-0.4, -0.2) is 36.8 Å². The van der Waals surface area contributed by atoms with Crippen LogP contribution < -0.4 is 0 Å². The van der Waals surface area contributed by atoms with Gasteiger partial charge in [0.15, 0.2) is 0 Å². The first-order valence-corrected chi connectivity index (χ1v) is 6.86. The summed E-state index contributed by atoms with van der Waals surface area (Å²) in [5.74, 6) is 0.408. The summed E-state index contributed by atoms with van der Waals surface area (Å²) in [4.78, 5) is 1.74. The molecule has 1 aromatic carbocycles. The molecule has 18 heavy (non-hydrogen) atoms. The Morgan fingerprint density at radius 2 is 1.78 bits per heavy atom. The van der Waals surface area contributed by atoms with Gasteiger partial charge in [0.2, 0.25) is 0 Å². The maximum absolute atomic E-state index is 12.3. The van der Waals surface area contributed by atoms with Crippen LogP contribution in [0.25, 0.3) is 0 Å². The molecule has 0 atom stereocenters. The lowest BCUT2D eigenvalue weighted by molar-refractivity contribution is 0.0903. The highest BCUT2D eigenvalue weighted by molar-refractivity contribution is 6.18. The maximum Gasteiger partial charge on any atom is 0.251 e. The van der Waals surface area contributed by atoms with Crippen molar-refractivity contribution in [3.05, 3.63) is 35.9 Å². The minimum Gasteiger partial charge on any atom is -0.297 e. The van der Waals surface area contributed by atoms with E-state index in [1.807, 2.05) is 18.2 Å². The number of hydrogen-bond acceptors (Lipinski definition) is 1. The van der Waals surface area contributed by atoms with Crippen LogP contribution in [0.15, 0.2) is 30.3 Å². The van der Waals surface area contributed by atoms with E-state index in [0.29, 0.717) is 19.0 Å². The number of aryl methyl sites for hydroxylation is 1. The van der Waals surface area contributed by atoms with Crippen molar-refractivity contribution in [1.82, 2.24) is 4.90 Å². The summed E-state index contributed by atoms with van der Waals surface area (Å²) < 4.78 is 24.6. The van der Waals surface area contributed by atoms with Crippen molar-refractivity contribution in [3.8, 4) is 0 Å². The van der Waals surface area contributed by atoms with Crippen molar-refractivity contribution in [2.45, 2.75) is 25.7 Å². The summed E-state index contributed by atoms with van der Waals surface area (Å²) in [5.41, 5.74) is 1.30. The Morgan fingerprint density at radius 3 is 2.39 bits per heavy atom. The molecule has 0 aliphatic rings. The van der Waals surface area contributed by atoms with Crippen LogP contribution in [0.1, 0.15) is 18.4 Å². The lowest BCUT2D eigenvalue weighted by Crippen LogP contribution is -2.31. The number of benzene rings is 1. The molecule has 1 aromatic rings. The topological polar surface area (TPSA) is 3.24 Å². The Hall–Kier alpha value is -0.670. The highest BCUT2D eigenvalue weighted by atomic mass is 35.5. The van der Waals surface area contributed by atoms with Gasteiger partial charge in [0.1, 0.15) is 0 Å². The summed E-state index contributed by atoms with van der Waals surface area (Å²) in [6.07, 6.45) is 0.678. The Bertz CT molecular complexity index is 306. The fourth-order valence-electron chi connectivity index (χ4n) is 1.92. The highest BCUT2D eigenvalue weighted by Gasteiger charge is 2.10. The van der Waals surface area contributed by atoms with Gasteiger partial charge in [0, 0.05) is 12.4 Å². The molecule has 0 saturated carbocycles. The van der Waals surface area contributed by atoms with E-state index in [4.69, 9.17) is 11.6 Å². The molecule has 0 fully saturated rings. The van der Waals surface area contributed by atoms with Gasteiger partial charge in [-0.3, -0.25) is 4.90 Å². The quantitative estimate of drug-likeness (QED) is 0.489. The fourth-order valence-corrected chi connectivity index (χ4v) is 2.16. The summed E-state index contributed by atoms with van der Waals surface area (Å²) in [7, 11) is 0. The van der Waals surface area contributed by atoms with Gasteiger partial charge in [-0.1, -0.05) is 30.3 Å². The molecule has 0 aliphatic heterocycles. The summed E-state index contributed by atoms with van der Waals surface area (Å²) >= 11 is 5.60. The molecule has 0 heterocycles. The number of rotatable bonds is 9. The Labute approximate surface area is 113 Å². The lowest BCUT2D eigenvalue weighted by Gasteiger charge is -2.20. The van der Waals surface area contributed by atoms with Crippen molar-refractivity contribution >= 4 is 11.6 Å². The van der Waals surface area contributed by atoms with Crippen LogP contribution in [0.2, 0.25) is 0 Å². The lowest BCUT2D eigenvalue weighted by atomic mass is 10.1. The zero-order chi connectivity index (χ0) is 13.2. The number of nitrogens with zero attached hydrogens (tertiary/aromatic N) is 1. The predicted molar refractivity (Wildman–Crippen MR) is 72.5 cm³/mol. The summed E-state index contributed by atoms with van der Waals surface area (Å²) in [6, 6.07) is 10.2. The summed E-state index contributed by atoms with van der Waals surface area (Å²) in [6.45, 7) is 1.07. The van der Waals surface area contributed by atoms with Gasteiger partial charge < -0.3 is 0 Å². The normalized spacial score (nSPS) is 11.4. The van der Waals surface area contributed by atoms with Crippen LogP contribution in [0.5, 0.6) is 0 Å². The summed E-state index contributed by atoms with van der Waals surface area (Å²) in [5, 5.41) is 0. The average Bonchev–Trinajstić information content (AvgIpc) is 2.35. The highest BCUT2D eigenvalue weighted by Crippen LogP contribution is 2.06. The monoisotopic (exact) mass is 275 g/mol. The first kappa shape index (κ1) is 15.4. The molecule has 0 bridgehead atoms. The largest absolute Gasteiger partial charge is 0.297 e. The number of unbranched alkanes of at least 4 members (excludes halogenated alkanes) is 1. The molecule has 0 spiro atoms. The standard InChI is InChI=1S/C14H20ClF2N/c15-9-11-18(12-14(16)17)10-5-4-8-13-6-2-1-3-7-13/h1-3,6-7,14H,4-5,8-12H2. The van der Waals surface area contributed by atoms with Crippen LogP contribution in [0.4, 0.5) is 8.78 Å². The first-order valence-electron chi connectivity index (χ1n) is 6.32. The van der Waals surface area contributed by atoms with Gasteiger partial charge in [-0.25, -0.2) is 8.78 Å². The van der Waals surface area contributed by atoms with Crippen molar-refractivity contribution in [2.24, 2.45) is 0 Å². The molecule has 0 amide bonds. The third-order valence-corrected chi connectivity index (χ3v) is 3.00. The second-order valence-corrected chi connectivity index (χ2v) is 4.70. The molecule has 0 unspecified atom stereocenters. The number of halogens is 3. The van der Waals surface area contributed by atoms with E-state index >= 15 is 0 Å². The third kappa shape index (κ3) is 6.92. The van der Waals surface area contributed by atoms with Crippen molar-refractivity contribution in [2.75, 3.05) is 25.5 Å². The van der Waals surface area contributed by atoms with Gasteiger partial charge >= 0.3 is 0 Å². The molecule has 102 valence electrons. The van der Waals surface area contributed by atoms with Crippen LogP contribution in [0, 0.1) is 0 Å². The average molecular weight is 276 g/mol. The smallest absolute Gasteiger partial charge is 0.251 e. The fraction of sp³-hybridized carbons (Fsp3) is 0.571. The van der Waals surface area contributed by atoms with Crippen molar-refractivity contribution in [3.63, 3.8) is 0 Å². The predicted octanol–water partition coefficient (Wildman–Crippen LogP) is 3.82. The third-order valence-electron chi connectivity index (χ3n) is 2.83. The molecule has 1 rings (SSSR count). The Kier molecular flexibility index (Phi) is 7.94. The van der Waals surface area contributed by atoms with Gasteiger partial charge in [0.05, 0.1) is 6.54 Å². The first-order chi connectivity index (χ1) is 8.72. The SMILES string of the molecule is FC(F)CN(CCCl)CCCCc1ccccc1. The maximum atomic E-state index is 12.3. The molecule has 4 heteroatoms. The van der Waals surface area contributed by atoms with E-state index in [2.05, 4.69) is 12.1 Å². The molecular formula is C14H20ClF2N. The van der Waals surface area contributed by atoms with E-state index in [9.17, 15) is 8.78 Å². The molecule has 0 N–H and O–H groups in total. The molecule has 0 aromatic heterocycles. The van der Waals surface area contributed by atoms with E-state index in [1.54, 1.807) is 4.90 Å². The van der Waals surface area contributed by atoms with Crippen molar-refractivity contribution < 1.29 is 8.78 Å². The van der Waals surface area contributed by atoms with Crippen LogP contribution in [-0.2, 0) is 6.42 Å². The Morgan fingerprint density at radius 1 is 1.06 bits per heavy atom. The Balaban J connectivity index is 2.18. The minimum absolute atomic E-state index is 0.169. The van der Waals surface area contributed by atoms with Gasteiger partial charge in [0.25, 0.3) is 6.43 Å². The van der Waals surface area contributed by atoms with E-state index in [1.165, 1.54) is 5.56 Å². The van der Waals surface area contributed by atoms with Gasteiger partial charge in [-0.05, 0) is 31.4 Å². The minimum atomic E-state index is -2.28. The van der Waals surface area contributed by atoms with Crippen LogP contribution in [0.3, 0.4) is 0 Å². The van der Waals surface area contributed by atoms with Crippen molar-refractivity contribution in [1.29, 1.82) is 0 Å². The second kappa shape index (κ2) is 9.29. The number of hydrogen-bond donors (Lipinski definition) is 0. The second-order valence-electron chi connectivity index (χ2n) is 4.32. The molecule has 0 saturated heterocycles. The zero-order valence-electron chi connectivity index (χ0n) is 10.5. The molecular weight excluding hydrogens is 256 g/mol. The van der Waals surface area contributed by atoms with E-state index < -0.39 is 6.43 Å². The van der Waals surface area contributed by atoms with Gasteiger partial charge in [-0.15, -0.1) is 11.6 Å². The molecule has 0 aliphatic carbocycles. The van der Waals surface area contributed by atoms with E-state index in [0.717, 1.165) is 19.3 Å². The number of alkyl halides is 3. The van der Waals surface area contributed by atoms with Gasteiger partial charge in [-0.2, -0.15) is 0 Å². The zero-order valence-corrected chi connectivity index (χ0v) is 11.3. The van der Waals surface area contributed by atoms with Crippen LogP contribution >= 0.6 is 11.6 Å². The molecule has 1 nitrogen and oxygen atoms in total. The molecule has 0 radical (unpaired) electrons. The van der Waals surface area contributed by atoms with E-state index in [-0.39, 0.29) is 6.54 Å².